The van der Waals surface area contributed by atoms with E-state index in [4.69, 9.17) is 5.73 Å². The van der Waals surface area contributed by atoms with Gasteiger partial charge in [-0.15, -0.1) is 0 Å². The summed E-state index contributed by atoms with van der Waals surface area (Å²) in [6, 6.07) is 5.97. The van der Waals surface area contributed by atoms with Crippen LogP contribution in [0.3, 0.4) is 0 Å². The average molecular weight is 223 g/mol. The molecule has 0 saturated heterocycles. The molecule has 0 heterocycles. The van der Waals surface area contributed by atoms with Crippen LogP contribution in [0, 0.1) is 13.8 Å². The van der Waals surface area contributed by atoms with Gasteiger partial charge in [0.05, 0.1) is 6.67 Å². The van der Waals surface area contributed by atoms with Crippen molar-refractivity contribution >= 4 is 11.6 Å². The normalized spacial score (nSPS) is 11.6. The summed E-state index contributed by atoms with van der Waals surface area (Å²) >= 11 is 0. The summed E-state index contributed by atoms with van der Waals surface area (Å²) in [7, 11) is 0. The zero-order valence-electron chi connectivity index (χ0n) is 9.76. The molecule has 0 spiro atoms. The van der Waals surface area contributed by atoms with Gasteiger partial charge in [-0.1, -0.05) is 6.07 Å². The Labute approximate surface area is 95.6 Å². The Balaban J connectivity index is 2.59. The second-order valence-corrected chi connectivity index (χ2v) is 3.73. The molecule has 0 aliphatic rings. The van der Waals surface area contributed by atoms with Crippen LogP contribution in [0.15, 0.2) is 23.2 Å². The van der Waals surface area contributed by atoms with Crippen molar-refractivity contribution in [2.75, 3.05) is 18.5 Å². The van der Waals surface area contributed by atoms with Gasteiger partial charge >= 0.3 is 0 Å². The van der Waals surface area contributed by atoms with Gasteiger partial charge in [0.2, 0.25) is 0 Å². The van der Waals surface area contributed by atoms with Crippen LogP contribution in [-0.2, 0) is 0 Å². The number of benzene rings is 1. The van der Waals surface area contributed by atoms with Gasteiger partial charge in [0.15, 0.2) is 5.96 Å². The Morgan fingerprint density at radius 3 is 2.75 bits per heavy atom. The maximum Gasteiger partial charge on any atom is 0.193 e. The molecule has 1 aromatic carbocycles. The number of hydrogen-bond acceptors (Lipinski definition) is 1. The van der Waals surface area contributed by atoms with Gasteiger partial charge in [-0.2, -0.15) is 0 Å². The Morgan fingerprint density at radius 1 is 1.38 bits per heavy atom. The number of aryl methyl sites for hydroxylation is 2. The van der Waals surface area contributed by atoms with Gasteiger partial charge in [-0.25, -0.2) is 0 Å². The van der Waals surface area contributed by atoms with Crippen LogP contribution in [-0.4, -0.2) is 19.2 Å². The second-order valence-electron chi connectivity index (χ2n) is 3.73. The lowest BCUT2D eigenvalue weighted by Gasteiger charge is -2.07. The fourth-order valence-corrected chi connectivity index (χ4v) is 1.27. The lowest BCUT2D eigenvalue weighted by molar-refractivity contribution is 0.477. The van der Waals surface area contributed by atoms with Gasteiger partial charge in [-0.3, -0.25) is 9.38 Å². The van der Waals surface area contributed by atoms with Crippen LogP contribution >= 0.6 is 0 Å². The van der Waals surface area contributed by atoms with Crippen molar-refractivity contribution in [1.29, 1.82) is 0 Å². The van der Waals surface area contributed by atoms with Crippen LogP contribution in [0.4, 0.5) is 10.1 Å². The molecule has 0 aliphatic carbocycles. The van der Waals surface area contributed by atoms with Crippen molar-refractivity contribution in [3.05, 3.63) is 29.3 Å². The Morgan fingerprint density at radius 2 is 2.12 bits per heavy atom. The van der Waals surface area contributed by atoms with E-state index in [2.05, 4.69) is 17.2 Å². The van der Waals surface area contributed by atoms with Gasteiger partial charge in [-0.05, 0) is 43.5 Å². The highest BCUT2D eigenvalue weighted by molar-refractivity contribution is 5.92. The molecule has 1 aromatic rings. The van der Waals surface area contributed by atoms with Crippen LogP contribution in [0.1, 0.15) is 17.5 Å². The number of guanidine groups is 1. The number of nitrogens with two attached hydrogens (primary N) is 1. The van der Waals surface area contributed by atoms with E-state index in [0.29, 0.717) is 18.9 Å². The monoisotopic (exact) mass is 223 g/mol. The molecule has 4 heteroatoms. The number of halogens is 1. The number of anilines is 1. The van der Waals surface area contributed by atoms with Crippen molar-refractivity contribution in [1.82, 2.24) is 0 Å². The molecular formula is C12H18FN3. The number of alkyl halides is 1. The van der Waals surface area contributed by atoms with Gasteiger partial charge < -0.3 is 11.1 Å². The fraction of sp³-hybridized carbons (Fsp3) is 0.417. The third kappa shape index (κ3) is 3.88. The molecule has 0 aromatic heterocycles. The molecule has 88 valence electrons. The minimum absolute atomic E-state index is 0.330. The molecule has 0 amide bonds. The maximum atomic E-state index is 11.8. The fourth-order valence-electron chi connectivity index (χ4n) is 1.27. The summed E-state index contributed by atoms with van der Waals surface area (Å²) in [5, 5.41) is 2.97. The van der Waals surface area contributed by atoms with Crippen LogP contribution in [0.2, 0.25) is 0 Å². The van der Waals surface area contributed by atoms with Crippen molar-refractivity contribution < 1.29 is 4.39 Å². The molecule has 0 bridgehead atoms. The number of rotatable bonds is 4. The van der Waals surface area contributed by atoms with Crippen LogP contribution < -0.4 is 11.1 Å². The molecule has 0 saturated carbocycles. The molecular weight excluding hydrogens is 205 g/mol. The highest BCUT2D eigenvalue weighted by Gasteiger charge is 1.97. The van der Waals surface area contributed by atoms with Gasteiger partial charge in [0, 0.05) is 12.2 Å². The topological polar surface area (TPSA) is 50.4 Å². The predicted octanol–water partition coefficient (Wildman–Crippen LogP) is 2.39. The van der Waals surface area contributed by atoms with Crippen molar-refractivity contribution in [2.24, 2.45) is 10.7 Å². The number of aliphatic imine (C=N–C) groups is 1. The summed E-state index contributed by atoms with van der Waals surface area (Å²) in [6.07, 6.45) is 0.412. The first kappa shape index (κ1) is 12.5. The first-order chi connectivity index (χ1) is 7.63. The molecule has 3 N–H and O–H groups in total. The van der Waals surface area contributed by atoms with Crippen molar-refractivity contribution in [3.8, 4) is 0 Å². The summed E-state index contributed by atoms with van der Waals surface area (Å²) in [5.41, 5.74) is 8.99. The van der Waals surface area contributed by atoms with Crippen LogP contribution in [0.5, 0.6) is 0 Å². The standard InChI is InChI=1S/C12H18FN3/c1-9-4-5-11(8-10(9)2)16-12(14)15-7-3-6-13/h4-5,8H,3,6-7H2,1-2H3,(H3,14,15,16). The van der Waals surface area contributed by atoms with E-state index in [9.17, 15) is 4.39 Å². The quantitative estimate of drug-likeness (QED) is 0.468. The Bertz CT molecular complexity index is 375. The number of hydrogen-bond donors (Lipinski definition) is 2. The Kier molecular flexibility index (Phi) is 4.76. The van der Waals surface area contributed by atoms with Gasteiger partial charge in [0.25, 0.3) is 0 Å². The average Bonchev–Trinajstić information content (AvgIpc) is 2.24. The molecule has 0 aliphatic heterocycles. The smallest absolute Gasteiger partial charge is 0.193 e. The van der Waals surface area contributed by atoms with E-state index >= 15 is 0 Å². The summed E-state index contributed by atoms with van der Waals surface area (Å²) in [6.45, 7) is 4.15. The SMILES string of the molecule is Cc1ccc(NC(N)=NCCCF)cc1C. The van der Waals surface area contributed by atoms with E-state index in [-0.39, 0.29) is 6.67 Å². The number of nitrogens with one attached hydrogen (secondary N) is 1. The summed E-state index contributed by atoms with van der Waals surface area (Å²) < 4.78 is 11.8. The predicted molar refractivity (Wildman–Crippen MR) is 66.6 cm³/mol. The third-order valence-corrected chi connectivity index (χ3v) is 2.35. The van der Waals surface area contributed by atoms with Gasteiger partial charge in [0.1, 0.15) is 0 Å². The van der Waals surface area contributed by atoms with E-state index in [0.717, 1.165) is 5.69 Å². The zero-order valence-corrected chi connectivity index (χ0v) is 9.76. The van der Waals surface area contributed by atoms with E-state index in [1.807, 2.05) is 25.1 Å². The highest BCUT2D eigenvalue weighted by atomic mass is 19.1. The molecule has 16 heavy (non-hydrogen) atoms. The van der Waals surface area contributed by atoms with Crippen molar-refractivity contribution in [3.63, 3.8) is 0 Å². The lowest BCUT2D eigenvalue weighted by atomic mass is 10.1. The third-order valence-electron chi connectivity index (χ3n) is 2.35. The van der Waals surface area contributed by atoms with E-state index < -0.39 is 0 Å². The maximum absolute atomic E-state index is 11.8. The minimum Gasteiger partial charge on any atom is -0.370 e. The molecule has 0 atom stereocenters. The highest BCUT2D eigenvalue weighted by Crippen LogP contribution is 2.13. The zero-order chi connectivity index (χ0) is 12.0. The van der Waals surface area contributed by atoms with Crippen molar-refractivity contribution in [2.45, 2.75) is 20.3 Å². The summed E-state index contributed by atoms with van der Waals surface area (Å²) in [5.74, 6) is 0.330. The molecule has 0 unspecified atom stereocenters. The molecule has 0 fully saturated rings. The second kappa shape index (κ2) is 6.10. The van der Waals surface area contributed by atoms with E-state index in [1.54, 1.807) is 0 Å². The summed E-state index contributed by atoms with van der Waals surface area (Å²) in [4.78, 5) is 4.00. The number of nitrogens with zero attached hydrogens (tertiary/aromatic N) is 1. The Hall–Kier alpha value is -1.58. The molecule has 1 rings (SSSR count). The largest absolute Gasteiger partial charge is 0.370 e. The first-order valence-electron chi connectivity index (χ1n) is 5.33. The molecule has 0 radical (unpaired) electrons. The minimum atomic E-state index is -0.361. The van der Waals surface area contributed by atoms with Crippen LogP contribution in [0.25, 0.3) is 0 Å². The van der Waals surface area contributed by atoms with E-state index in [1.165, 1.54) is 11.1 Å². The molecule has 3 nitrogen and oxygen atoms in total. The first-order valence-corrected chi connectivity index (χ1v) is 5.33. The lowest BCUT2D eigenvalue weighted by Crippen LogP contribution is -2.23.